The summed E-state index contributed by atoms with van der Waals surface area (Å²) in [5.74, 6) is -0.314. The van der Waals surface area contributed by atoms with Crippen LogP contribution in [0.3, 0.4) is 0 Å². The van der Waals surface area contributed by atoms with E-state index in [1.54, 1.807) is 24.3 Å². The molecule has 0 fully saturated rings. The van der Waals surface area contributed by atoms with Crippen molar-refractivity contribution in [2.75, 3.05) is 13.1 Å². The molecule has 1 nitrogen and oxygen atoms in total. The Morgan fingerprint density at radius 1 is 1.05 bits per heavy atom. The quantitative estimate of drug-likeness (QED) is 0.795. The SMILES string of the molecule is CCNCC(Cc1cc(F)ccc1Br)c1ccc(F)cc1. The fourth-order valence-corrected chi connectivity index (χ4v) is 2.74. The average Bonchev–Trinajstić information content (AvgIpc) is 2.48. The molecule has 0 heterocycles. The Morgan fingerprint density at radius 3 is 2.38 bits per heavy atom. The van der Waals surface area contributed by atoms with Crippen LogP contribution in [0.5, 0.6) is 0 Å². The van der Waals surface area contributed by atoms with Crippen LogP contribution < -0.4 is 5.32 Å². The fourth-order valence-electron chi connectivity index (χ4n) is 2.33. The summed E-state index contributed by atoms with van der Waals surface area (Å²) >= 11 is 3.46. The molecule has 0 aliphatic carbocycles. The van der Waals surface area contributed by atoms with E-state index in [9.17, 15) is 8.78 Å². The van der Waals surface area contributed by atoms with Crippen molar-refractivity contribution < 1.29 is 8.78 Å². The maximum absolute atomic E-state index is 13.4. The van der Waals surface area contributed by atoms with E-state index in [2.05, 4.69) is 21.2 Å². The topological polar surface area (TPSA) is 12.0 Å². The lowest BCUT2D eigenvalue weighted by atomic mass is 9.92. The predicted octanol–water partition coefficient (Wildman–Crippen LogP) is 4.66. The first-order valence-corrected chi connectivity index (χ1v) is 7.79. The lowest BCUT2D eigenvalue weighted by Crippen LogP contribution is -2.22. The molecule has 0 aliphatic heterocycles. The average molecular weight is 354 g/mol. The summed E-state index contributed by atoms with van der Waals surface area (Å²) in [4.78, 5) is 0. The molecular weight excluding hydrogens is 336 g/mol. The van der Waals surface area contributed by atoms with Crippen LogP contribution in [0.25, 0.3) is 0 Å². The van der Waals surface area contributed by atoms with Crippen molar-refractivity contribution in [3.05, 3.63) is 69.7 Å². The highest BCUT2D eigenvalue weighted by molar-refractivity contribution is 9.10. The van der Waals surface area contributed by atoms with Gasteiger partial charge in [-0.25, -0.2) is 8.78 Å². The molecule has 4 heteroatoms. The third kappa shape index (κ3) is 4.61. The van der Waals surface area contributed by atoms with Gasteiger partial charge in [-0.1, -0.05) is 35.0 Å². The molecule has 1 N–H and O–H groups in total. The van der Waals surface area contributed by atoms with Crippen molar-refractivity contribution in [3.8, 4) is 0 Å². The van der Waals surface area contributed by atoms with Crippen molar-refractivity contribution in [1.82, 2.24) is 5.32 Å². The zero-order valence-corrected chi connectivity index (χ0v) is 13.5. The Hall–Kier alpha value is -1.26. The molecule has 1 unspecified atom stereocenters. The van der Waals surface area contributed by atoms with E-state index in [4.69, 9.17) is 0 Å². The second-order valence-corrected chi connectivity index (χ2v) is 5.85. The molecule has 2 aromatic rings. The Balaban J connectivity index is 2.23. The lowest BCUT2D eigenvalue weighted by Gasteiger charge is -2.19. The zero-order valence-electron chi connectivity index (χ0n) is 11.9. The number of rotatable bonds is 6. The number of halogens is 3. The summed E-state index contributed by atoms with van der Waals surface area (Å²) in [5.41, 5.74) is 1.97. The van der Waals surface area contributed by atoms with Crippen LogP contribution in [-0.2, 0) is 6.42 Å². The largest absolute Gasteiger partial charge is 0.316 e. The van der Waals surface area contributed by atoms with E-state index in [1.165, 1.54) is 18.2 Å². The molecule has 112 valence electrons. The maximum atomic E-state index is 13.4. The second kappa shape index (κ2) is 7.66. The van der Waals surface area contributed by atoms with Gasteiger partial charge in [0, 0.05) is 16.9 Å². The molecule has 0 aliphatic rings. The molecule has 0 aromatic heterocycles. The van der Waals surface area contributed by atoms with Crippen LogP contribution in [0.2, 0.25) is 0 Å². The normalized spacial score (nSPS) is 12.4. The van der Waals surface area contributed by atoms with Gasteiger partial charge in [-0.3, -0.25) is 0 Å². The molecule has 0 spiro atoms. The van der Waals surface area contributed by atoms with Crippen molar-refractivity contribution in [2.45, 2.75) is 19.3 Å². The van der Waals surface area contributed by atoms with E-state index in [-0.39, 0.29) is 17.6 Å². The smallest absolute Gasteiger partial charge is 0.123 e. The maximum Gasteiger partial charge on any atom is 0.123 e. The van der Waals surface area contributed by atoms with Crippen molar-refractivity contribution in [1.29, 1.82) is 0 Å². The van der Waals surface area contributed by atoms with Crippen LogP contribution in [-0.4, -0.2) is 13.1 Å². The molecule has 2 aromatic carbocycles. The lowest BCUT2D eigenvalue weighted by molar-refractivity contribution is 0.584. The first kappa shape index (κ1) is 16.1. The molecule has 1 atom stereocenters. The van der Waals surface area contributed by atoms with E-state index in [0.29, 0.717) is 6.42 Å². The van der Waals surface area contributed by atoms with Crippen molar-refractivity contribution in [3.63, 3.8) is 0 Å². The highest BCUT2D eigenvalue weighted by atomic mass is 79.9. The zero-order chi connectivity index (χ0) is 15.2. The molecule has 21 heavy (non-hydrogen) atoms. The number of likely N-dealkylation sites (N-methyl/N-ethyl adjacent to an activating group) is 1. The number of hydrogen-bond acceptors (Lipinski definition) is 1. The molecule has 0 bridgehead atoms. The highest BCUT2D eigenvalue weighted by Crippen LogP contribution is 2.26. The number of nitrogens with one attached hydrogen (secondary N) is 1. The van der Waals surface area contributed by atoms with Crippen LogP contribution in [0, 0.1) is 11.6 Å². The van der Waals surface area contributed by atoms with Gasteiger partial charge in [0.2, 0.25) is 0 Å². The minimum Gasteiger partial charge on any atom is -0.316 e. The summed E-state index contributed by atoms with van der Waals surface area (Å²) < 4.78 is 27.4. The molecule has 2 rings (SSSR count). The van der Waals surface area contributed by atoms with Gasteiger partial charge in [0.05, 0.1) is 0 Å². The Morgan fingerprint density at radius 2 is 1.71 bits per heavy atom. The second-order valence-electron chi connectivity index (χ2n) is 5.00. The highest BCUT2D eigenvalue weighted by Gasteiger charge is 2.14. The van der Waals surface area contributed by atoms with E-state index >= 15 is 0 Å². The van der Waals surface area contributed by atoms with Crippen molar-refractivity contribution in [2.24, 2.45) is 0 Å². The van der Waals surface area contributed by atoms with Gasteiger partial charge in [0.1, 0.15) is 11.6 Å². The van der Waals surface area contributed by atoms with Crippen molar-refractivity contribution >= 4 is 15.9 Å². The van der Waals surface area contributed by atoms with Gasteiger partial charge >= 0.3 is 0 Å². The van der Waals surface area contributed by atoms with E-state index < -0.39 is 0 Å². The van der Waals surface area contributed by atoms with Crippen LogP contribution in [0.4, 0.5) is 8.78 Å². The van der Waals surface area contributed by atoms with Gasteiger partial charge in [-0.2, -0.15) is 0 Å². The standard InChI is InChI=1S/C17H18BrF2N/c1-2-21-11-14(12-3-5-15(19)6-4-12)9-13-10-16(20)7-8-17(13)18/h3-8,10,14,21H,2,9,11H2,1H3. The summed E-state index contributed by atoms with van der Waals surface area (Å²) in [7, 11) is 0. The Bertz CT molecular complexity index is 584. The summed E-state index contributed by atoms with van der Waals surface area (Å²) in [6.07, 6.45) is 0.691. The Labute approximate surface area is 132 Å². The molecule has 0 radical (unpaired) electrons. The number of hydrogen-bond donors (Lipinski definition) is 1. The fraction of sp³-hybridized carbons (Fsp3) is 0.294. The molecule has 0 amide bonds. The third-order valence-corrected chi connectivity index (χ3v) is 4.23. The molecular formula is C17H18BrF2N. The van der Waals surface area contributed by atoms with Gasteiger partial charge in [0.25, 0.3) is 0 Å². The first-order valence-electron chi connectivity index (χ1n) is 7.00. The van der Waals surface area contributed by atoms with Crippen LogP contribution in [0.15, 0.2) is 46.9 Å². The van der Waals surface area contributed by atoms with Crippen LogP contribution >= 0.6 is 15.9 Å². The van der Waals surface area contributed by atoms with Gasteiger partial charge in [0.15, 0.2) is 0 Å². The van der Waals surface area contributed by atoms with E-state index in [0.717, 1.165) is 28.7 Å². The summed E-state index contributed by atoms with van der Waals surface area (Å²) in [6, 6.07) is 11.2. The van der Waals surface area contributed by atoms with E-state index in [1.807, 2.05) is 6.92 Å². The monoisotopic (exact) mass is 353 g/mol. The molecule has 0 saturated heterocycles. The molecule has 0 saturated carbocycles. The number of benzene rings is 2. The third-order valence-electron chi connectivity index (χ3n) is 3.46. The predicted molar refractivity (Wildman–Crippen MR) is 85.5 cm³/mol. The summed E-state index contributed by atoms with van der Waals surface area (Å²) in [5, 5.41) is 3.31. The van der Waals surface area contributed by atoms with Gasteiger partial charge in [-0.15, -0.1) is 0 Å². The Kier molecular flexibility index (Phi) is 5.88. The van der Waals surface area contributed by atoms with Crippen LogP contribution in [0.1, 0.15) is 24.0 Å². The van der Waals surface area contributed by atoms with Gasteiger partial charge < -0.3 is 5.32 Å². The summed E-state index contributed by atoms with van der Waals surface area (Å²) in [6.45, 7) is 3.67. The minimum absolute atomic E-state index is 0.170. The minimum atomic E-state index is -0.243. The first-order chi connectivity index (χ1) is 10.1. The van der Waals surface area contributed by atoms with Gasteiger partial charge in [-0.05, 0) is 54.4 Å².